The molecule has 0 aliphatic heterocycles. The van der Waals surface area contributed by atoms with E-state index in [1.807, 2.05) is 37.3 Å². The second-order valence-corrected chi connectivity index (χ2v) is 8.76. The lowest BCUT2D eigenvalue weighted by molar-refractivity contribution is -0.116. The Bertz CT molecular complexity index is 1770. The zero-order valence-electron chi connectivity index (χ0n) is 20.2. The maximum Gasteiger partial charge on any atom is 0.224 e. The lowest BCUT2D eigenvalue weighted by atomic mass is 10.1. The summed E-state index contributed by atoms with van der Waals surface area (Å²) in [7, 11) is 0. The molecule has 5 aromatic rings. The van der Waals surface area contributed by atoms with Crippen molar-refractivity contribution in [1.29, 1.82) is 0 Å². The molecule has 0 spiro atoms. The van der Waals surface area contributed by atoms with Crippen LogP contribution in [0.4, 0.5) is 5.69 Å². The zero-order valence-corrected chi connectivity index (χ0v) is 20.2. The predicted octanol–water partition coefficient (Wildman–Crippen LogP) is 3.59. The van der Waals surface area contributed by atoms with Gasteiger partial charge in [-0.2, -0.15) is 5.10 Å². The number of aromatic nitrogens is 7. The lowest BCUT2D eigenvalue weighted by Crippen LogP contribution is -2.23. The monoisotopic (exact) mass is 488 g/mol. The van der Waals surface area contributed by atoms with Crippen LogP contribution in [0, 0.1) is 0 Å². The van der Waals surface area contributed by atoms with Crippen LogP contribution < -0.4 is 15.9 Å². The standard InChI is InChI=1S/C28H24N8O/c1-2-6-24(37)32-19-13-18(15-29-16-19)17-7-5-9-21-20(14-17)25(36-35-21)28-33-23-10-12-31-26(27(23)34-28)22-8-3-4-11-30-22/h3-4,7-16,35H,2,5-6H2,1H3,(H,32,37)(H,33,34). The quantitative estimate of drug-likeness (QED) is 0.335. The Hall–Kier alpha value is -4.92. The maximum absolute atomic E-state index is 12.1. The molecule has 9 heteroatoms. The van der Waals surface area contributed by atoms with E-state index in [4.69, 9.17) is 4.98 Å². The number of aromatic amines is 2. The van der Waals surface area contributed by atoms with Gasteiger partial charge in [0.15, 0.2) is 5.82 Å². The van der Waals surface area contributed by atoms with Gasteiger partial charge in [0.25, 0.3) is 0 Å². The number of amides is 1. The number of carbonyl (C=O) groups is 1. The third-order valence-corrected chi connectivity index (χ3v) is 6.16. The molecule has 0 radical (unpaired) electrons. The van der Waals surface area contributed by atoms with Crippen molar-refractivity contribution in [3.05, 3.63) is 77.3 Å². The summed E-state index contributed by atoms with van der Waals surface area (Å²) in [6.07, 6.45) is 15.3. The molecule has 1 aliphatic carbocycles. The molecule has 0 fully saturated rings. The van der Waals surface area contributed by atoms with Gasteiger partial charge in [0, 0.05) is 35.8 Å². The van der Waals surface area contributed by atoms with Gasteiger partial charge < -0.3 is 10.3 Å². The molecular formula is C28H24N8O. The molecule has 0 saturated heterocycles. The van der Waals surface area contributed by atoms with E-state index in [0.717, 1.165) is 51.3 Å². The predicted molar refractivity (Wildman–Crippen MR) is 143 cm³/mol. The molecule has 1 aliphatic rings. The number of anilines is 1. The number of pyridine rings is 3. The van der Waals surface area contributed by atoms with Crippen molar-refractivity contribution in [3.63, 3.8) is 0 Å². The van der Waals surface area contributed by atoms with Gasteiger partial charge in [-0.3, -0.25) is 24.8 Å². The highest BCUT2D eigenvalue weighted by molar-refractivity contribution is 5.94. The number of carbonyl (C=O) groups excluding carboxylic acids is 1. The van der Waals surface area contributed by atoms with Crippen LogP contribution in [0.25, 0.3) is 51.7 Å². The van der Waals surface area contributed by atoms with Crippen molar-refractivity contribution in [2.24, 2.45) is 0 Å². The van der Waals surface area contributed by atoms with E-state index in [0.29, 0.717) is 29.3 Å². The Labute approximate surface area is 212 Å². The Balaban J connectivity index is 1.41. The van der Waals surface area contributed by atoms with Crippen LogP contribution in [0.1, 0.15) is 31.7 Å². The number of hydrogen-bond donors (Lipinski definition) is 3. The first-order chi connectivity index (χ1) is 18.2. The van der Waals surface area contributed by atoms with Gasteiger partial charge in [0.2, 0.25) is 5.91 Å². The minimum atomic E-state index is -0.0162. The molecule has 37 heavy (non-hydrogen) atoms. The minimum absolute atomic E-state index is 0.0162. The molecule has 6 rings (SSSR count). The summed E-state index contributed by atoms with van der Waals surface area (Å²) < 4.78 is 0. The maximum atomic E-state index is 12.1. The van der Waals surface area contributed by atoms with Crippen molar-refractivity contribution in [2.45, 2.75) is 26.2 Å². The molecule has 1 amide bonds. The van der Waals surface area contributed by atoms with Gasteiger partial charge in [-0.05, 0) is 48.8 Å². The van der Waals surface area contributed by atoms with Gasteiger partial charge in [0.1, 0.15) is 16.9 Å². The van der Waals surface area contributed by atoms with E-state index in [-0.39, 0.29) is 5.91 Å². The van der Waals surface area contributed by atoms with Crippen LogP contribution in [0.5, 0.6) is 0 Å². The molecular weight excluding hydrogens is 464 g/mol. The van der Waals surface area contributed by atoms with Crippen molar-refractivity contribution < 1.29 is 4.79 Å². The summed E-state index contributed by atoms with van der Waals surface area (Å²) in [6.45, 7) is 1.98. The first-order valence-electron chi connectivity index (χ1n) is 12.2. The van der Waals surface area contributed by atoms with Crippen molar-refractivity contribution in [1.82, 2.24) is 35.1 Å². The van der Waals surface area contributed by atoms with Gasteiger partial charge in [-0.25, -0.2) is 4.98 Å². The SMILES string of the molecule is CCCC(=O)Nc1cncc(C2=CCC=c3[nH]nc(-c4nc5c(-c6ccccn6)nccc5[nH]4)c3=C2)c1. The van der Waals surface area contributed by atoms with Crippen LogP contribution in [0.2, 0.25) is 0 Å². The Morgan fingerprint density at radius 3 is 2.89 bits per heavy atom. The highest BCUT2D eigenvalue weighted by Crippen LogP contribution is 2.26. The van der Waals surface area contributed by atoms with E-state index < -0.39 is 0 Å². The molecule has 9 nitrogen and oxygen atoms in total. The third kappa shape index (κ3) is 4.42. The molecule has 0 saturated carbocycles. The van der Waals surface area contributed by atoms with E-state index in [9.17, 15) is 4.79 Å². The van der Waals surface area contributed by atoms with Crippen LogP contribution in [0.15, 0.2) is 61.2 Å². The summed E-state index contributed by atoms with van der Waals surface area (Å²) in [4.78, 5) is 33.7. The molecule has 5 heterocycles. The van der Waals surface area contributed by atoms with Gasteiger partial charge >= 0.3 is 0 Å². The van der Waals surface area contributed by atoms with E-state index in [2.05, 4.69) is 53.7 Å². The number of imidazole rings is 1. The van der Waals surface area contributed by atoms with Crippen molar-refractivity contribution >= 4 is 40.4 Å². The molecule has 5 aromatic heterocycles. The molecule has 0 aromatic carbocycles. The topological polar surface area (TPSA) is 125 Å². The number of hydrogen-bond acceptors (Lipinski definition) is 6. The van der Waals surface area contributed by atoms with Crippen molar-refractivity contribution in [3.8, 4) is 22.9 Å². The third-order valence-electron chi connectivity index (χ3n) is 6.16. The summed E-state index contributed by atoms with van der Waals surface area (Å²) in [5.74, 6) is 0.625. The number of H-pyrrole nitrogens is 2. The van der Waals surface area contributed by atoms with Crippen LogP contribution >= 0.6 is 0 Å². The highest BCUT2D eigenvalue weighted by Gasteiger charge is 2.16. The summed E-state index contributed by atoms with van der Waals surface area (Å²) in [6, 6.07) is 9.57. The zero-order chi connectivity index (χ0) is 25.2. The lowest BCUT2D eigenvalue weighted by Gasteiger charge is -2.07. The first kappa shape index (κ1) is 22.5. The number of nitrogens with one attached hydrogen (secondary N) is 3. The van der Waals surface area contributed by atoms with Crippen LogP contribution in [0.3, 0.4) is 0 Å². The molecule has 0 unspecified atom stereocenters. The average Bonchev–Trinajstić information content (AvgIpc) is 3.46. The molecule has 3 N–H and O–H groups in total. The summed E-state index contributed by atoms with van der Waals surface area (Å²) in [5.41, 5.74) is 6.36. The molecule has 0 atom stereocenters. The van der Waals surface area contributed by atoms with Gasteiger partial charge in [-0.15, -0.1) is 0 Å². The number of rotatable bonds is 6. The molecule has 0 bridgehead atoms. The summed E-state index contributed by atoms with van der Waals surface area (Å²) in [5, 5.41) is 12.5. The Morgan fingerprint density at radius 2 is 2.03 bits per heavy atom. The van der Waals surface area contributed by atoms with Crippen LogP contribution in [-0.4, -0.2) is 41.0 Å². The Kier molecular flexibility index (Phi) is 5.86. The number of nitrogens with zero attached hydrogens (tertiary/aromatic N) is 5. The average molecular weight is 489 g/mol. The largest absolute Gasteiger partial charge is 0.336 e. The van der Waals surface area contributed by atoms with E-state index in [1.54, 1.807) is 24.8 Å². The van der Waals surface area contributed by atoms with E-state index >= 15 is 0 Å². The van der Waals surface area contributed by atoms with Gasteiger partial charge in [-0.1, -0.05) is 25.1 Å². The highest BCUT2D eigenvalue weighted by atomic mass is 16.1. The number of fused-ring (bicyclic) bond motifs is 2. The fourth-order valence-electron chi connectivity index (χ4n) is 4.42. The van der Waals surface area contributed by atoms with Crippen molar-refractivity contribution in [2.75, 3.05) is 5.32 Å². The normalized spacial score (nSPS) is 12.7. The fourth-order valence-corrected chi connectivity index (χ4v) is 4.42. The minimum Gasteiger partial charge on any atom is -0.336 e. The Morgan fingerprint density at radius 1 is 1.08 bits per heavy atom. The smallest absolute Gasteiger partial charge is 0.224 e. The summed E-state index contributed by atoms with van der Waals surface area (Å²) >= 11 is 0. The number of allylic oxidation sites excluding steroid dienone is 2. The molecule has 182 valence electrons. The first-order valence-corrected chi connectivity index (χ1v) is 12.2. The van der Waals surface area contributed by atoms with Gasteiger partial charge in [0.05, 0.1) is 28.4 Å². The van der Waals surface area contributed by atoms with E-state index in [1.165, 1.54) is 0 Å². The second-order valence-electron chi connectivity index (χ2n) is 8.76. The fraction of sp³-hybridized carbons (Fsp3) is 0.143. The second kappa shape index (κ2) is 9.62. The van der Waals surface area contributed by atoms with Crippen LogP contribution in [-0.2, 0) is 4.79 Å².